The number of hydrogen-bond acceptors (Lipinski definition) is 5. The summed E-state index contributed by atoms with van der Waals surface area (Å²) >= 11 is 12.7. The molecule has 0 spiro atoms. The number of amides is 2. The van der Waals surface area contributed by atoms with Crippen LogP contribution in [0.3, 0.4) is 0 Å². The molecule has 0 aliphatic carbocycles. The molecule has 0 aliphatic heterocycles. The fourth-order valence-corrected chi connectivity index (χ4v) is 5.15. The summed E-state index contributed by atoms with van der Waals surface area (Å²) < 4.78 is 31.4. The molecule has 1 N–H and O–H groups in total. The van der Waals surface area contributed by atoms with Crippen LogP contribution in [0, 0.1) is 0 Å². The van der Waals surface area contributed by atoms with Gasteiger partial charge in [0.15, 0.2) is 0 Å². The second-order valence-corrected chi connectivity index (χ2v) is 12.5. The summed E-state index contributed by atoms with van der Waals surface area (Å²) in [5.74, 6) is -0.131. The maximum Gasteiger partial charge on any atom is 0.242 e. The van der Waals surface area contributed by atoms with E-state index in [1.165, 1.54) is 16.3 Å². The number of carbonyl (C=O) groups excluding carboxylic acids is 2. The van der Waals surface area contributed by atoms with Gasteiger partial charge in [0.1, 0.15) is 11.8 Å². The van der Waals surface area contributed by atoms with Crippen LogP contribution in [0.4, 0.5) is 5.69 Å². The van der Waals surface area contributed by atoms with E-state index in [-0.39, 0.29) is 37.7 Å². The van der Waals surface area contributed by atoms with E-state index in [4.69, 9.17) is 27.9 Å². The Bertz CT molecular complexity index is 1190. The summed E-state index contributed by atoms with van der Waals surface area (Å²) in [7, 11) is -2.12. The van der Waals surface area contributed by atoms with E-state index in [9.17, 15) is 18.0 Å². The zero-order valence-corrected chi connectivity index (χ0v) is 24.4. The predicted octanol–water partition coefficient (Wildman–Crippen LogP) is 4.88. The summed E-state index contributed by atoms with van der Waals surface area (Å²) in [6.07, 6.45) is 1.34. The largest absolute Gasteiger partial charge is 0.497 e. The quantitative estimate of drug-likeness (QED) is 0.414. The van der Waals surface area contributed by atoms with Crippen molar-refractivity contribution >= 4 is 50.7 Å². The van der Waals surface area contributed by atoms with Crippen LogP contribution in [-0.4, -0.2) is 56.6 Å². The molecular weight excluding hydrogens is 537 g/mol. The van der Waals surface area contributed by atoms with Gasteiger partial charge in [0.2, 0.25) is 21.8 Å². The van der Waals surface area contributed by atoms with Crippen molar-refractivity contribution in [2.45, 2.75) is 58.7 Å². The number of anilines is 1. The van der Waals surface area contributed by atoms with Gasteiger partial charge >= 0.3 is 0 Å². The van der Waals surface area contributed by atoms with Crippen LogP contribution in [0.1, 0.15) is 46.1 Å². The van der Waals surface area contributed by atoms with Crippen LogP contribution in [0.2, 0.25) is 10.0 Å². The van der Waals surface area contributed by atoms with Crippen molar-refractivity contribution in [1.29, 1.82) is 0 Å². The lowest BCUT2D eigenvalue weighted by atomic mass is 10.1. The first kappa shape index (κ1) is 30.7. The standard InChI is InChI=1S/C26H35Cl2N3O5S/c1-18(25(33)29-26(2,3)4)30(17-21-22(27)12-8-13-23(21)28)24(32)14-9-15-31(37(6,34)35)19-10-7-11-20(16-19)36-5/h7-8,10-13,16,18H,9,14-15,17H2,1-6H3,(H,29,33). The van der Waals surface area contributed by atoms with Gasteiger partial charge < -0.3 is 15.0 Å². The average Bonchev–Trinajstić information content (AvgIpc) is 2.79. The molecule has 1 unspecified atom stereocenters. The number of benzene rings is 2. The Morgan fingerprint density at radius 2 is 1.68 bits per heavy atom. The minimum Gasteiger partial charge on any atom is -0.497 e. The highest BCUT2D eigenvalue weighted by atomic mass is 35.5. The van der Waals surface area contributed by atoms with Crippen LogP contribution < -0.4 is 14.4 Å². The highest BCUT2D eigenvalue weighted by Gasteiger charge is 2.29. The molecule has 0 radical (unpaired) electrons. The third-order valence-electron chi connectivity index (χ3n) is 5.55. The maximum atomic E-state index is 13.4. The second kappa shape index (κ2) is 12.8. The lowest BCUT2D eigenvalue weighted by Crippen LogP contribution is -2.52. The third-order valence-corrected chi connectivity index (χ3v) is 7.45. The molecular formula is C26H35Cl2N3O5S. The van der Waals surface area contributed by atoms with Crippen LogP contribution in [-0.2, 0) is 26.2 Å². The number of nitrogens with one attached hydrogen (secondary N) is 1. The number of halogens is 2. The number of carbonyl (C=O) groups is 2. The maximum absolute atomic E-state index is 13.4. The summed E-state index contributed by atoms with van der Waals surface area (Å²) in [4.78, 5) is 27.8. The van der Waals surface area contributed by atoms with E-state index in [1.54, 1.807) is 49.4 Å². The van der Waals surface area contributed by atoms with Crippen LogP contribution in [0.25, 0.3) is 0 Å². The minimum absolute atomic E-state index is 0.00516. The van der Waals surface area contributed by atoms with E-state index in [2.05, 4.69) is 5.32 Å². The summed E-state index contributed by atoms with van der Waals surface area (Å²) in [5, 5.41) is 3.67. The zero-order chi connectivity index (χ0) is 28.0. The van der Waals surface area contributed by atoms with Crippen molar-refractivity contribution in [2.75, 3.05) is 24.2 Å². The molecule has 204 valence electrons. The van der Waals surface area contributed by atoms with Gasteiger partial charge in [-0.3, -0.25) is 13.9 Å². The second-order valence-electron chi connectivity index (χ2n) is 9.78. The normalized spacial score (nSPS) is 12.5. The van der Waals surface area contributed by atoms with Gasteiger partial charge in [-0.2, -0.15) is 0 Å². The molecule has 11 heteroatoms. The van der Waals surface area contributed by atoms with Crippen molar-refractivity contribution in [3.05, 3.63) is 58.1 Å². The van der Waals surface area contributed by atoms with Crippen LogP contribution >= 0.6 is 23.2 Å². The zero-order valence-electron chi connectivity index (χ0n) is 22.0. The molecule has 2 amide bonds. The van der Waals surface area contributed by atoms with Gasteiger partial charge in [0.05, 0.1) is 19.1 Å². The number of rotatable bonds is 11. The SMILES string of the molecule is COc1cccc(N(CCCC(=O)N(Cc2c(Cl)cccc2Cl)C(C)C(=O)NC(C)(C)C)S(C)(=O)=O)c1. The summed E-state index contributed by atoms with van der Waals surface area (Å²) in [6, 6.07) is 10.9. The molecule has 0 saturated carbocycles. The Morgan fingerprint density at radius 1 is 1.08 bits per heavy atom. The molecule has 2 aromatic rings. The van der Waals surface area contributed by atoms with Crippen molar-refractivity contribution in [3.63, 3.8) is 0 Å². The van der Waals surface area contributed by atoms with Gasteiger partial charge in [-0.1, -0.05) is 35.3 Å². The Labute approximate surface area is 229 Å². The molecule has 0 bridgehead atoms. The molecule has 0 aliphatic rings. The minimum atomic E-state index is -3.62. The summed E-state index contributed by atoms with van der Waals surface area (Å²) in [6.45, 7) is 7.30. The fourth-order valence-electron chi connectivity index (χ4n) is 3.68. The molecule has 2 aromatic carbocycles. The van der Waals surface area contributed by atoms with Gasteiger partial charge in [-0.05, 0) is 58.4 Å². The van der Waals surface area contributed by atoms with Gasteiger partial charge in [-0.15, -0.1) is 0 Å². The third kappa shape index (κ3) is 9.09. The first-order valence-electron chi connectivity index (χ1n) is 11.8. The molecule has 0 fully saturated rings. The first-order valence-corrected chi connectivity index (χ1v) is 14.4. The van der Waals surface area contributed by atoms with Crippen LogP contribution in [0.15, 0.2) is 42.5 Å². The van der Waals surface area contributed by atoms with Gasteiger partial charge in [-0.25, -0.2) is 8.42 Å². The number of sulfonamides is 1. The Morgan fingerprint density at radius 3 is 2.22 bits per heavy atom. The van der Waals surface area contributed by atoms with Crippen molar-refractivity contribution in [3.8, 4) is 5.75 Å². The fraction of sp³-hybridized carbons (Fsp3) is 0.462. The highest BCUT2D eigenvalue weighted by molar-refractivity contribution is 7.92. The Balaban J connectivity index is 2.26. The number of ether oxygens (including phenoxy) is 1. The lowest BCUT2D eigenvalue weighted by molar-refractivity contribution is -0.141. The van der Waals surface area contributed by atoms with Crippen LogP contribution in [0.5, 0.6) is 5.75 Å². The number of hydrogen-bond donors (Lipinski definition) is 1. The molecule has 0 heterocycles. The monoisotopic (exact) mass is 571 g/mol. The predicted molar refractivity (Wildman–Crippen MR) is 149 cm³/mol. The molecule has 0 saturated heterocycles. The molecule has 37 heavy (non-hydrogen) atoms. The Kier molecular flexibility index (Phi) is 10.7. The van der Waals surface area contributed by atoms with Gasteiger partial charge in [0.25, 0.3) is 0 Å². The first-order chi connectivity index (χ1) is 17.1. The van der Waals surface area contributed by atoms with Gasteiger partial charge in [0, 0.05) is 46.7 Å². The molecule has 8 nitrogen and oxygen atoms in total. The highest BCUT2D eigenvalue weighted by Crippen LogP contribution is 2.27. The molecule has 0 aromatic heterocycles. The molecule has 1 atom stereocenters. The van der Waals surface area contributed by atoms with E-state index in [0.717, 1.165) is 6.26 Å². The van der Waals surface area contributed by atoms with E-state index < -0.39 is 21.6 Å². The Hall–Kier alpha value is -2.49. The van der Waals surface area contributed by atoms with E-state index in [1.807, 2.05) is 20.8 Å². The van der Waals surface area contributed by atoms with E-state index in [0.29, 0.717) is 27.0 Å². The van der Waals surface area contributed by atoms with Crippen molar-refractivity contribution < 1.29 is 22.7 Å². The van der Waals surface area contributed by atoms with E-state index >= 15 is 0 Å². The molecule has 2 rings (SSSR count). The van der Waals surface area contributed by atoms with Crippen molar-refractivity contribution in [1.82, 2.24) is 10.2 Å². The summed E-state index contributed by atoms with van der Waals surface area (Å²) in [5.41, 5.74) is 0.477. The number of nitrogens with zero attached hydrogens (tertiary/aromatic N) is 2. The smallest absolute Gasteiger partial charge is 0.242 e. The topological polar surface area (TPSA) is 96.0 Å². The average molecular weight is 573 g/mol. The van der Waals surface area contributed by atoms with Crippen molar-refractivity contribution in [2.24, 2.45) is 0 Å². The lowest BCUT2D eigenvalue weighted by Gasteiger charge is -2.32. The number of methoxy groups -OCH3 is 1.